The van der Waals surface area contributed by atoms with E-state index in [2.05, 4.69) is 26.0 Å². The predicted octanol–water partition coefficient (Wildman–Crippen LogP) is 6.25. The zero-order valence-corrected chi connectivity index (χ0v) is 15.6. The molecule has 0 saturated carbocycles. The van der Waals surface area contributed by atoms with Crippen LogP contribution in [0.2, 0.25) is 0 Å². The van der Waals surface area contributed by atoms with Gasteiger partial charge in [-0.25, -0.2) is 0 Å². The van der Waals surface area contributed by atoms with Crippen molar-refractivity contribution in [3.63, 3.8) is 0 Å². The van der Waals surface area contributed by atoms with E-state index in [4.69, 9.17) is 14.3 Å². The van der Waals surface area contributed by atoms with Gasteiger partial charge in [0.25, 0.3) is 0 Å². The van der Waals surface area contributed by atoms with E-state index in [1.54, 1.807) is 0 Å². The van der Waals surface area contributed by atoms with Gasteiger partial charge in [-0.05, 0) is 38.5 Å². The van der Waals surface area contributed by atoms with E-state index in [0.717, 1.165) is 38.5 Å². The van der Waals surface area contributed by atoms with Crippen LogP contribution in [0.1, 0.15) is 97.3 Å². The Morgan fingerprint density at radius 2 is 1.36 bits per heavy atom. The van der Waals surface area contributed by atoms with Gasteiger partial charge in [0, 0.05) is 0 Å². The molecule has 0 aromatic rings. The first-order valence-electron chi connectivity index (χ1n) is 9.20. The van der Waals surface area contributed by atoms with Crippen LogP contribution in [0.4, 0.5) is 0 Å². The topological polar surface area (TPSA) is 49.7 Å². The van der Waals surface area contributed by atoms with Gasteiger partial charge in [-0.1, -0.05) is 70.9 Å². The Hall–Kier alpha value is 0.0500. The normalized spacial score (nSPS) is 13.3. The highest BCUT2D eigenvalue weighted by molar-refractivity contribution is 7.39. The zero-order valence-electron chi connectivity index (χ0n) is 14.7. The van der Waals surface area contributed by atoms with Crippen LogP contribution in [0.3, 0.4) is 0 Å². The molecule has 22 heavy (non-hydrogen) atoms. The quantitative estimate of drug-likeness (QED) is 0.199. The molecule has 1 unspecified atom stereocenters. The molecular formula is C18H37O3P. The van der Waals surface area contributed by atoms with Crippen molar-refractivity contribution in [2.75, 3.05) is 0 Å². The van der Waals surface area contributed by atoms with Crippen LogP contribution < -0.4 is 0 Å². The largest absolute Gasteiger partial charge is 0.328 e. The van der Waals surface area contributed by atoms with Gasteiger partial charge in [0.05, 0.1) is 6.10 Å². The van der Waals surface area contributed by atoms with E-state index >= 15 is 0 Å². The highest BCUT2D eigenvalue weighted by atomic mass is 31.2. The Morgan fingerprint density at radius 3 is 1.95 bits per heavy atom. The number of unbranched alkanes of at least 4 members (excludes halogenated alkanes) is 8. The average molecular weight is 332 g/mol. The second kappa shape index (κ2) is 17.4. The maximum Gasteiger partial charge on any atom is 0.327 e. The van der Waals surface area contributed by atoms with Crippen LogP contribution in [-0.4, -0.2) is 15.9 Å². The smallest absolute Gasteiger partial charge is 0.327 e. The van der Waals surface area contributed by atoms with Gasteiger partial charge in [-0.3, -0.25) is 0 Å². The van der Waals surface area contributed by atoms with E-state index < -0.39 is 8.60 Å². The van der Waals surface area contributed by atoms with Crippen molar-refractivity contribution in [1.29, 1.82) is 0 Å². The molecule has 0 spiro atoms. The molecule has 0 fully saturated rings. The van der Waals surface area contributed by atoms with Crippen LogP contribution in [0.15, 0.2) is 12.2 Å². The van der Waals surface area contributed by atoms with Crippen molar-refractivity contribution in [2.45, 2.75) is 103 Å². The summed E-state index contributed by atoms with van der Waals surface area (Å²) in [5.74, 6) is 0. The molecule has 0 aliphatic heterocycles. The minimum absolute atomic E-state index is 0.0122. The second-order valence-electron chi connectivity index (χ2n) is 6.08. The summed E-state index contributed by atoms with van der Waals surface area (Å²) in [7, 11) is -2.21. The van der Waals surface area contributed by atoms with Crippen LogP contribution in [-0.2, 0) is 4.52 Å². The molecule has 0 aromatic carbocycles. The van der Waals surface area contributed by atoms with Gasteiger partial charge in [-0.2, -0.15) is 0 Å². The minimum atomic E-state index is -2.21. The van der Waals surface area contributed by atoms with Gasteiger partial charge < -0.3 is 14.3 Å². The van der Waals surface area contributed by atoms with E-state index in [0.29, 0.717) is 0 Å². The summed E-state index contributed by atoms with van der Waals surface area (Å²) in [5, 5.41) is 0. The first-order chi connectivity index (χ1) is 10.7. The molecule has 0 heterocycles. The third-order valence-corrected chi connectivity index (χ3v) is 4.38. The lowest BCUT2D eigenvalue weighted by Crippen LogP contribution is -2.09. The fourth-order valence-electron chi connectivity index (χ4n) is 2.62. The minimum Gasteiger partial charge on any atom is -0.328 e. The molecule has 132 valence electrons. The highest BCUT2D eigenvalue weighted by Crippen LogP contribution is 2.30. The van der Waals surface area contributed by atoms with Crippen LogP contribution >= 0.6 is 8.60 Å². The Kier molecular flexibility index (Phi) is 17.4. The summed E-state index contributed by atoms with van der Waals surface area (Å²) < 4.78 is 5.15. The molecule has 0 saturated heterocycles. The standard InChI is InChI=1S/C18H37O3P/c1-3-5-6-7-8-9-10-11-12-13-14-15-17-18(16-4-2)21-22(19)20/h11-12,18-20H,3-10,13-17H2,1-2H3/b12-11+. The third kappa shape index (κ3) is 16.4. The molecule has 0 aliphatic rings. The molecule has 0 aromatic heterocycles. The number of rotatable bonds is 16. The van der Waals surface area contributed by atoms with Crippen molar-refractivity contribution in [3.05, 3.63) is 12.2 Å². The Balaban J connectivity index is 3.41. The molecule has 0 amide bonds. The summed E-state index contributed by atoms with van der Waals surface area (Å²) in [6.45, 7) is 4.35. The molecule has 2 N–H and O–H groups in total. The highest BCUT2D eigenvalue weighted by Gasteiger charge is 2.12. The first kappa shape index (κ1) is 22.1. The van der Waals surface area contributed by atoms with Crippen molar-refractivity contribution in [3.8, 4) is 0 Å². The maximum absolute atomic E-state index is 8.93. The molecule has 0 bridgehead atoms. The summed E-state index contributed by atoms with van der Waals surface area (Å²) in [4.78, 5) is 17.9. The van der Waals surface area contributed by atoms with Crippen molar-refractivity contribution in [2.24, 2.45) is 0 Å². The average Bonchev–Trinajstić information content (AvgIpc) is 2.48. The summed E-state index contributed by atoms with van der Waals surface area (Å²) >= 11 is 0. The second-order valence-corrected chi connectivity index (χ2v) is 6.80. The van der Waals surface area contributed by atoms with Gasteiger partial charge >= 0.3 is 8.60 Å². The predicted molar refractivity (Wildman–Crippen MR) is 96.7 cm³/mol. The van der Waals surface area contributed by atoms with Crippen LogP contribution in [0.25, 0.3) is 0 Å². The van der Waals surface area contributed by atoms with Crippen LogP contribution in [0, 0.1) is 0 Å². The fraction of sp³-hybridized carbons (Fsp3) is 0.889. The molecule has 3 nitrogen and oxygen atoms in total. The molecular weight excluding hydrogens is 295 g/mol. The van der Waals surface area contributed by atoms with Crippen molar-refractivity contribution >= 4 is 8.60 Å². The SMILES string of the molecule is CCCCCCCC/C=C/CCCCC(CCC)OP(O)O. The van der Waals surface area contributed by atoms with E-state index in [9.17, 15) is 0 Å². The van der Waals surface area contributed by atoms with Crippen molar-refractivity contribution < 1.29 is 14.3 Å². The third-order valence-electron chi connectivity index (χ3n) is 3.89. The van der Waals surface area contributed by atoms with Crippen LogP contribution in [0.5, 0.6) is 0 Å². The Morgan fingerprint density at radius 1 is 0.773 bits per heavy atom. The van der Waals surface area contributed by atoms with E-state index in [1.807, 2.05) is 0 Å². The Bertz CT molecular complexity index is 244. The molecule has 0 rings (SSSR count). The molecule has 0 aliphatic carbocycles. The Labute approximate surface area is 139 Å². The van der Waals surface area contributed by atoms with Gasteiger partial charge in [0.15, 0.2) is 0 Å². The van der Waals surface area contributed by atoms with Gasteiger partial charge in [0.2, 0.25) is 0 Å². The zero-order chi connectivity index (χ0) is 16.5. The summed E-state index contributed by atoms with van der Waals surface area (Å²) in [6.07, 6.45) is 20.3. The van der Waals surface area contributed by atoms with Gasteiger partial charge in [0.1, 0.15) is 0 Å². The molecule has 4 heteroatoms. The van der Waals surface area contributed by atoms with E-state index in [1.165, 1.54) is 44.9 Å². The first-order valence-corrected chi connectivity index (χ1v) is 10.4. The monoisotopic (exact) mass is 332 g/mol. The lowest BCUT2D eigenvalue weighted by Gasteiger charge is -2.16. The lowest BCUT2D eigenvalue weighted by atomic mass is 10.1. The fourth-order valence-corrected chi connectivity index (χ4v) is 3.09. The van der Waals surface area contributed by atoms with E-state index in [-0.39, 0.29) is 6.10 Å². The summed E-state index contributed by atoms with van der Waals surface area (Å²) in [5.41, 5.74) is 0. The number of allylic oxidation sites excluding steroid dienone is 2. The maximum atomic E-state index is 8.93. The van der Waals surface area contributed by atoms with Gasteiger partial charge in [-0.15, -0.1) is 0 Å². The lowest BCUT2D eigenvalue weighted by molar-refractivity contribution is 0.150. The molecule has 0 radical (unpaired) electrons. The van der Waals surface area contributed by atoms with Crippen molar-refractivity contribution in [1.82, 2.24) is 0 Å². The summed E-state index contributed by atoms with van der Waals surface area (Å²) in [6, 6.07) is 0. The number of hydrogen-bond donors (Lipinski definition) is 2. The molecule has 1 atom stereocenters. The number of hydrogen-bond acceptors (Lipinski definition) is 3.